The highest BCUT2D eigenvalue weighted by molar-refractivity contribution is 5.94. The van der Waals surface area contributed by atoms with Gasteiger partial charge in [0.1, 0.15) is 23.4 Å². The molecule has 1 aliphatic rings. The van der Waals surface area contributed by atoms with E-state index in [9.17, 15) is 9.59 Å². The number of hydrogen-bond donors (Lipinski definition) is 1. The van der Waals surface area contributed by atoms with Crippen LogP contribution in [0.4, 0.5) is 0 Å². The molecule has 1 unspecified atom stereocenters. The second kappa shape index (κ2) is 10.4. The quantitative estimate of drug-likeness (QED) is 0.518. The normalized spacial score (nSPS) is 15.8. The molecule has 1 saturated carbocycles. The average molecular weight is 456 g/mol. The number of ether oxygens (including phenoxy) is 1. The van der Waals surface area contributed by atoms with Crippen LogP contribution in [0.25, 0.3) is 0 Å². The monoisotopic (exact) mass is 455 g/mol. The largest absolute Gasteiger partial charge is 0.485 e. The second-order valence-electron chi connectivity index (χ2n) is 10.2. The lowest BCUT2D eigenvalue weighted by atomic mass is 9.82. The van der Waals surface area contributed by atoms with Gasteiger partial charge in [0.15, 0.2) is 0 Å². The number of carboxylic acid groups (broad SMARTS) is 1. The van der Waals surface area contributed by atoms with Crippen LogP contribution in [0.3, 0.4) is 0 Å². The van der Waals surface area contributed by atoms with Gasteiger partial charge in [0.05, 0.1) is 6.42 Å². The maximum atomic E-state index is 12.6. The number of aryl methyl sites for hydroxylation is 1. The molecule has 2 aromatic rings. The predicted molar refractivity (Wildman–Crippen MR) is 128 cm³/mol. The van der Waals surface area contributed by atoms with Crippen molar-refractivity contribution in [3.05, 3.63) is 53.0 Å². The highest BCUT2D eigenvalue weighted by atomic mass is 16.5. The molecule has 1 aliphatic carbocycles. The molecular formula is C27H37NO5. The summed E-state index contributed by atoms with van der Waals surface area (Å²) in [6, 6.07) is 9.30. The minimum atomic E-state index is -0.920. The Kier molecular flexibility index (Phi) is 7.88. The summed E-state index contributed by atoms with van der Waals surface area (Å²) in [5.41, 5.74) is 1.55. The van der Waals surface area contributed by atoms with E-state index < -0.39 is 5.97 Å². The Bertz CT molecular complexity index is 948. The average Bonchev–Trinajstić information content (AvgIpc) is 3.18. The van der Waals surface area contributed by atoms with Gasteiger partial charge in [-0.1, -0.05) is 40.0 Å². The van der Waals surface area contributed by atoms with Crippen LogP contribution in [0, 0.1) is 12.8 Å². The Morgan fingerprint density at radius 2 is 1.79 bits per heavy atom. The zero-order valence-electron chi connectivity index (χ0n) is 20.5. The Hall–Kier alpha value is -2.76. The fourth-order valence-corrected chi connectivity index (χ4v) is 4.41. The molecule has 1 aromatic heterocycles. The Morgan fingerprint density at radius 1 is 1.15 bits per heavy atom. The van der Waals surface area contributed by atoms with Crippen molar-refractivity contribution in [3.8, 4) is 5.75 Å². The fraction of sp³-hybridized carbons (Fsp3) is 0.556. The molecule has 0 spiro atoms. The van der Waals surface area contributed by atoms with Crippen molar-refractivity contribution in [1.29, 1.82) is 0 Å². The van der Waals surface area contributed by atoms with Gasteiger partial charge in [0.2, 0.25) is 0 Å². The van der Waals surface area contributed by atoms with Gasteiger partial charge < -0.3 is 19.2 Å². The van der Waals surface area contributed by atoms with Crippen LogP contribution < -0.4 is 4.74 Å². The summed E-state index contributed by atoms with van der Waals surface area (Å²) in [6.07, 6.45) is 5.79. The van der Waals surface area contributed by atoms with Gasteiger partial charge in [0, 0.05) is 36.1 Å². The van der Waals surface area contributed by atoms with Crippen LogP contribution in [0.1, 0.15) is 92.8 Å². The summed E-state index contributed by atoms with van der Waals surface area (Å²) in [5.74, 6) is 1.88. The molecule has 33 heavy (non-hydrogen) atoms. The van der Waals surface area contributed by atoms with E-state index in [1.54, 1.807) is 19.2 Å². The van der Waals surface area contributed by atoms with Crippen molar-refractivity contribution in [2.75, 3.05) is 13.6 Å². The van der Waals surface area contributed by atoms with E-state index in [2.05, 4.69) is 26.8 Å². The van der Waals surface area contributed by atoms with Crippen LogP contribution in [0.15, 0.2) is 34.7 Å². The number of amides is 1. The molecule has 1 atom stereocenters. The first-order valence-electron chi connectivity index (χ1n) is 11.9. The number of carbonyl (C=O) groups is 2. The molecule has 6 nitrogen and oxygen atoms in total. The summed E-state index contributed by atoms with van der Waals surface area (Å²) in [5, 5.41) is 8.84. The van der Waals surface area contributed by atoms with Gasteiger partial charge >= 0.3 is 5.97 Å². The maximum absolute atomic E-state index is 12.6. The third-order valence-electron chi connectivity index (χ3n) is 6.45. The SMILES string of the molecule is Cc1oc(C(C)(C)C)cc1C(Oc1ccc(C(=O)N(C)CCC(=O)O)cc1)C1CCCCC1. The molecular weight excluding hydrogens is 418 g/mol. The standard InChI is InChI=1S/C27H37NO5/c1-18-22(17-23(32-18)27(2,3)4)25(19-9-7-6-8-10-19)33-21-13-11-20(12-14-21)26(31)28(5)16-15-24(29)30/h11-14,17,19,25H,6-10,15-16H2,1-5H3,(H,29,30). The molecule has 1 amide bonds. The van der Waals surface area contributed by atoms with Crippen LogP contribution in [-0.4, -0.2) is 35.5 Å². The minimum Gasteiger partial charge on any atom is -0.485 e. The van der Waals surface area contributed by atoms with E-state index in [0.29, 0.717) is 17.2 Å². The highest BCUT2D eigenvalue weighted by Crippen LogP contribution is 2.41. The van der Waals surface area contributed by atoms with Crippen molar-refractivity contribution >= 4 is 11.9 Å². The fourth-order valence-electron chi connectivity index (χ4n) is 4.41. The Labute approximate surface area is 196 Å². The number of carboxylic acids is 1. The summed E-state index contributed by atoms with van der Waals surface area (Å²) >= 11 is 0. The van der Waals surface area contributed by atoms with E-state index in [1.165, 1.54) is 24.2 Å². The third kappa shape index (κ3) is 6.40. The first-order chi connectivity index (χ1) is 15.6. The van der Waals surface area contributed by atoms with Crippen LogP contribution in [0.2, 0.25) is 0 Å². The van der Waals surface area contributed by atoms with Gasteiger partial charge in [-0.25, -0.2) is 0 Å². The highest BCUT2D eigenvalue weighted by Gasteiger charge is 2.32. The molecule has 6 heteroatoms. The number of aliphatic carboxylic acids is 1. The lowest BCUT2D eigenvalue weighted by Crippen LogP contribution is -2.29. The number of hydrogen-bond acceptors (Lipinski definition) is 4. The number of benzene rings is 1. The van der Waals surface area contributed by atoms with E-state index in [4.69, 9.17) is 14.3 Å². The summed E-state index contributed by atoms with van der Waals surface area (Å²) in [6.45, 7) is 8.63. The van der Waals surface area contributed by atoms with Crippen LogP contribution in [-0.2, 0) is 10.2 Å². The summed E-state index contributed by atoms with van der Waals surface area (Å²) < 4.78 is 12.7. The Morgan fingerprint density at radius 3 is 2.33 bits per heavy atom. The number of carbonyl (C=O) groups excluding carboxylic acids is 1. The molecule has 0 bridgehead atoms. The molecule has 1 heterocycles. The van der Waals surface area contributed by atoms with Gasteiger partial charge in [-0.05, 0) is 50.1 Å². The smallest absolute Gasteiger partial charge is 0.305 e. The zero-order valence-corrected chi connectivity index (χ0v) is 20.5. The number of nitrogens with zero attached hydrogens (tertiary/aromatic N) is 1. The summed E-state index contributed by atoms with van der Waals surface area (Å²) in [4.78, 5) is 24.8. The molecule has 1 fully saturated rings. The van der Waals surface area contributed by atoms with Gasteiger partial charge in [0.25, 0.3) is 5.91 Å². The van der Waals surface area contributed by atoms with Crippen LogP contribution >= 0.6 is 0 Å². The lowest BCUT2D eigenvalue weighted by molar-refractivity contribution is -0.137. The predicted octanol–water partition coefficient (Wildman–Crippen LogP) is 6.13. The molecule has 3 rings (SSSR count). The van der Waals surface area contributed by atoms with E-state index in [1.807, 2.05) is 19.1 Å². The van der Waals surface area contributed by atoms with E-state index >= 15 is 0 Å². The Balaban J connectivity index is 1.80. The van der Waals surface area contributed by atoms with Gasteiger partial charge in [-0.15, -0.1) is 0 Å². The molecule has 180 valence electrons. The first-order valence-corrected chi connectivity index (χ1v) is 11.9. The molecule has 1 aromatic carbocycles. The van der Waals surface area contributed by atoms with Crippen molar-refractivity contribution < 1.29 is 23.8 Å². The minimum absolute atomic E-state index is 0.0746. The number of rotatable bonds is 8. The van der Waals surface area contributed by atoms with Crippen molar-refractivity contribution in [1.82, 2.24) is 4.90 Å². The lowest BCUT2D eigenvalue weighted by Gasteiger charge is -2.30. The maximum Gasteiger partial charge on any atom is 0.305 e. The zero-order chi connectivity index (χ0) is 24.2. The first kappa shape index (κ1) is 24.9. The van der Waals surface area contributed by atoms with Crippen molar-refractivity contribution in [2.24, 2.45) is 5.92 Å². The van der Waals surface area contributed by atoms with Gasteiger partial charge in [-0.3, -0.25) is 9.59 Å². The second-order valence-corrected chi connectivity index (χ2v) is 10.2. The molecule has 0 saturated heterocycles. The van der Waals surface area contributed by atoms with E-state index in [-0.39, 0.29) is 30.4 Å². The van der Waals surface area contributed by atoms with Crippen LogP contribution in [0.5, 0.6) is 5.75 Å². The molecule has 0 aliphatic heterocycles. The topological polar surface area (TPSA) is 80.0 Å². The van der Waals surface area contributed by atoms with E-state index in [0.717, 1.165) is 29.9 Å². The van der Waals surface area contributed by atoms with Crippen molar-refractivity contribution in [2.45, 2.75) is 77.7 Å². The summed E-state index contributed by atoms with van der Waals surface area (Å²) in [7, 11) is 1.61. The number of furan rings is 1. The van der Waals surface area contributed by atoms with Gasteiger partial charge in [-0.2, -0.15) is 0 Å². The molecule has 1 N–H and O–H groups in total. The third-order valence-corrected chi connectivity index (χ3v) is 6.45. The van der Waals surface area contributed by atoms with Crippen molar-refractivity contribution in [3.63, 3.8) is 0 Å². The molecule has 0 radical (unpaired) electrons.